The van der Waals surface area contributed by atoms with E-state index in [1.165, 1.54) is 11.1 Å². The van der Waals surface area contributed by atoms with E-state index in [1.807, 2.05) is 0 Å². The number of aliphatic hydroxyl groups excluding tert-OH is 2. The highest BCUT2D eigenvalue weighted by Crippen LogP contribution is 2.66. The van der Waals surface area contributed by atoms with Gasteiger partial charge in [-0.2, -0.15) is 13.6 Å². The van der Waals surface area contributed by atoms with Gasteiger partial charge in [-0.15, -0.1) is 0 Å². The van der Waals surface area contributed by atoms with Crippen molar-refractivity contribution in [2.45, 2.75) is 24.5 Å². The van der Waals surface area contributed by atoms with Gasteiger partial charge in [0, 0.05) is 11.8 Å². The molecular formula is C11H17BrN3O14P3. The normalized spacial score (nSPS) is 28.0. The SMILES string of the molecule is Nc1nc(=O)n([C@@H]2O[C@H](COP(=O)(O)OP(=O)(O)OP(=O)(O)O)[C@@H](O)[C@H]2O)cc1/C=C/Br. The molecule has 1 aromatic heterocycles. The van der Waals surface area contributed by atoms with Gasteiger partial charge in [-0.1, -0.05) is 15.9 Å². The van der Waals surface area contributed by atoms with Crippen LogP contribution in [0, 0.1) is 0 Å². The van der Waals surface area contributed by atoms with E-state index >= 15 is 0 Å². The lowest BCUT2D eigenvalue weighted by Crippen LogP contribution is -2.36. The van der Waals surface area contributed by atoms with E-state index in [0.29, 0.717) is 0 Å². The summed E-state index contributed by atoms with van der Waals surface area (Å²) in [6.07, 6.45) is -4.07. The zero-order valence-corrected chi connectivity index (χ0v) is 19.7. The fraction of sp³-hybridized carbons (Fsp3) is 0.455. The van der Waals surface area contributed by atoms with Crippen LogP contribution >= 0.6 is 39.4 Å². The van der Waals surface area contributed by atoms with Gasteiger partial charge in [-0.05, 0) is 11.1 Å². The van der Waals surface area contributed by atoms with Crippen molar-refractivity contribution >= 4 is 51.3 Å². The van der Waals surface area contributed by atoms with Crippen molar-refractivity contribution in [3.63, 3.8) is 0 Å². The Morgan fingerprint density at radius 1 is 1.16 bits per heavy atom. The first-order valence-electron chi connectivity index (χ1n) is 8.00. The number of nitrogen functional groups attached to an aromatic ring is 1. The molecular weight excluding hydrogens is 571 g/mol. The molecule has 6 atom stereocenters. The van der Waals surface area contributed by atoms with E-state index < -0.39 is 60.3 Å². The summed E-state index contributed by atoms with van der Waals surface area (Å²) in [5.41, 5.74) is 4.88. The molecule has 1 aromatic rings. The summed E-state index contributed by atoms with van der Waals surface area (Å²) in [5.74, 6) is -0.140. The predicted molar refractivity (Wildman–Crippen MR) is 107 cm³/mol. The minimum atomic E-state index is -5.74. The zero-order chi connectivity index (χ0) is 24.5. The van der Waals surface area contributed by atoms with Gasteiger partial charge in [-0.3, -0.25) is 9.09 Å². The number of aliphatic hydroxyl groups is 2. The number of aromatic nitrogens is 2. The monoisotopic (exact) mass is 587 g/mol. The lowest BCUT2D eigenvalue weighted by Gasteiger charge is -2.19. The van der Waals surface area contributed by atoms with Crippen LogP contribution in [0.3, 0.4) is 0 Å². The van der Waals surface area contributed by atoms with Crippen LogP contribution in [0.25, 0.3) is 6.08 Å². The Kier molecular flexibility index (Phi) is 8.75. The highest BCUT2D eigenvalue weighted by atomic mass is 79.9. The molecule has 2 unspecified atom stereocenters. The number of rotatable bonds is 9. The third kappa shape index (κ3) is 7.35. The van der Waals surface area contributed by atoms with Gasteiger partial charge < -0.3 is 40.3 Å². The Labute approximate surface area is 186 Å². The Bertz CT molecular complexity index is 1070. The number of phosphoric ester groups is 1. The number of anilines is 1. The second-order valence-electron chi connectivity index (χ2n) is 6.00. The van der Waals surface area contributed by atoms with Crippen molar-refractivity contribution in [2.75, 3.05) is 12.3 Å². The number of nitrogens with two attached hydrogens (primary N) is 1. The Balaban J connectivity index is 2.14. The average molecular weight is 588 g/mol. The predicted octanol–water partition coefficient (Wildman–Crippen LogP) is -0.846. The van der Waals surface area contributed by atoms with Crippen LogP contribution in [0.1, 0.15) is 11.8 Å². The van der Waals surface area contributed by atoms with E-state index in [9.17, 15) is 33.6 Å². The van der Waals surface area contributed by atoms with Crippen molar-refractivity contribution in [2.24, 2.45) is 0 Å². The largest absolute Gasteiger partial charge is 0.490 e. The molecule has 0 spiro atoms. The molecule has 0 aromatic carbocycles. The Morgan fingerprint density at radius 3 is 2.34 bits per heavy atom. The van der Waals surface area contributed by atoms with Crippen molar-refractivity contribution in [1.29, 1.82) is 0 Å². The standard InChI is InChI=1S/C11H17BrN3O14P3/c12-2-1-5-3-15(11(18)14-9(5)13)10-8(17)7(16)6(27-10)4-26-31(22,23)29-32(24,25)28-30(19,20)21/h1-3,6-8,10,16-17H,4H2,(H,22,23)(H,24,25)(H2,13,14,18)(H2,19,20,21)/b2-1+/t6-,7-,8-,10-/m1/s1. The Hall–Kier alpha value is -0.810. The maximum atomic E-state index is 12.1. The van der Waals surface area contributed by atoms with Crippen LogP contribution in [0.15, 0.2) is 16.0 Å². The molecule has 182 valence electrons. The second kappa shape index (κ2) is 10.2. The topological polar surface area (TPSA) is 270 Å². The Morgan fingerprint density at radius 2 is 1.78 bits per heavy atom. The maximum absolute atomic E-state index is 12.1. The van der Waals surface area contributed by atoms with Gasteiger partial charge in [0.15, 0.2) is 6.23 Å². The van der Waals surface area contributed by atoms with E-state index in [-0.39, 0.29) is 11.4 Å². The van der Waals surface area contributed by atoms with Crippen LogP contribution < -0.4 is 11.4 Å². The fourth-order valence-corrected chi connectivity index (χ4v) is 5.76. The lowest BCUT2D eigenvalue weighted by molar-refractivity contribution is -0.0541. The molecule has 32 heavy (non-hydrogen) atoms. The van der Waals surface area contributed by atoms with Gasteiger partial charge in [-0.25, -0.2) is 18.5 Å². The van der Waals surface area contributed by atoms with Crippen molar-refractivity contribution in [1.82, 2.24) is 9.55 Å². The molecule has 1 aliphatic heterocycles. The van der Waals surface area contributed by atoms with Crippen LogP contribution in [0.5, 0.6) is 0 Å². The molecule has 1 aliphatic rings. The van der Waals surface area contributed by atoms with Gasteiger partial charge in [0.1, 0.15) is 24.1 Å². The van der Waals surface area contributed by atoms with Gasteiger partial charge in [0.05, 0.1) is 6.61 Å². The van der Waals surface area contributed by atoms with Gasteiger partial charge in [0.2, 0.25) is 0 Å². The smallest absolute Gasteiger partial charge is 0.387 e. The quantitative estimate of drug-likeness (QED) is 0.173. The molecule has 0 radical (unpaired) electrons. The molecule has 2 heterocycles. The van der Waals surface area contributed by atoms with E-state index in [2.05, 4.69) is 34.1 Å². The summed E-state index contributed by atoms with van der Waals surface area (Å²) >= 11 is 3.01. The minimum Gasteiger partial charge on any atom is -0.387 e. The average Bonchev–Trinajstić information content (AvgIpc) is 2.87. The summed E-state index contributed by atoms with van der Waals surface area (Å²) in [6, 6.07) is 0. The number of halogens is 1. The molecule has 0 amide bonds. The molecule has 0 saturated carbocycles. The molecule has 17 nitrogen and oxygen atoms in total. The number of hydrogen-bond donors (Lipinski definition) is 7. The molecule has 21 heteroatoms. The molecule has 0 aliphatic carbocycles. The molecule has 0 bridgehead atoms. The molecule has 1 saturated heterocycles. The first-order valence-corrected chi connectivity index (χ1v) is 13.4. The third-order valence-electron chi connectivity index (χ3n) is 3.68. The number of phosphoric acid groups is 3. The summed E-state index contributed by atoms with van der Waals surface area (Å²) < 4.78 is 51.2. The molecule has 1 fully saturated rings. The summed E-state index contributed by atoms with van der Waals surface area (Å²) in [6.45, 7) is -1.04. The van der Waals surface area contributed by atoms with Gasteiger partial charge in [0.25, 0.3) is 0 Å². The van der Waals surface area contributed by atoms with Crippen LogP contribution in [-0.2, 0) is 31.6 Å². The van der Waals surface area contributed by atoms with E-state index in [4.69, 9.17) is 25.2 Å². The molecule has 8 N–H and O–H groups in total. The summed E-state index contributed by atoms with van der Waals surface area (Å²) in [5, 5.41) is 20.3. The summed E-state index contributed by atoms with van der Waals surface area (Å²) in [4.78, 5) is 52.6. The highest BCUT2D eigenvalue weighted by Gasteiger charge is 2.46. The number of ether oxygens (including phenoxy) is 1. The number of hydrogen-bond acceptors (Lipinski definition) is 12. The maximum Gasteiger partial charge on any atom is 0.490 e. The van der Waals surface area contributed by atoms with Crippen LogP contribution in [0.2, 0.25) is 0 Å². The highest BCUT2D eigenvalue weighted by molar-refractivity contribution is 9.11. The van der Waals surface area contributed by atoms with Crippen LogP contribution in [-0.4, -0.2) is 64.3 Å². The molecule has 2 rings (SSSR count). The first kappa shape index (κ1) is 27.4. The first-order chi connectivity index (χ1) is 14.6. The van der Waals surface area contributed by atoms with Gasteiger partial charge >= 0.3 is 29.2 Å². The minimum absolute atomic E-state index is 0.140. The summed E-state index contributed by atoms with van der Waals surface area (Å²) in [7, 11) is -16.8. The van der Waals surface area contributed by atoms with E-state index in [1.54, 1.807) is 0 Å². The van der Waals surface area contributed by atoms with Crippen molar-refractivity contribution < 1.29 is 61.4 Å². The fourth-order valence-electron chi connectivity index (χ4n) is 2.44. The van der Waals surface area contributed by atoms with Crippen molar-refractivity contribution in [3.05, 3.63) is 27.2 Å². The lowest BCUT2D eigenvalue weighted by atomic mass is 10.1. The van der Waals surface area contributed by atoms with E-state index in [0.717, 1.165) is 10.8 Å². The zero-order valence-electron chi connectivity index (χ0n) is 15.4. The third-order valence-corrected chi connectivity index (χ3v) is 7.75. The number of nitrogens with zero attached hydrogens (tertiary/aromatic N) is 2. The van der Waals surface area contributed by atoms with Crippen LogP contribution in [0.4, 0.5) is 5.82 Å². The second-order valence-corrected chi connectivity index (χ2v) is 10.9. The van der Waals surface area contributed by atoms with Crippen molar-refractivity contribution in [3.8, 4) is 0 Å².